The number of hydrogen-bond acceptors (Lipinski definition) is 6. The molecule has 3 fully saturated rings. The van der Waals surface area contributed by atoms with E-state index in [4.69, 9.17) is 14.2 Å². The SMILES string of the molecule is COC(=O)[C@@H]1[C@@H]2C[C@@H]([C@H]3OC(C)(C)O[C@@H]23)N1S(=O)(=O)c1ccc(C)cc1. The summed E-state index contributed by atoms with van der Waals surface area (Å²) in [6, 6.07) is 5.29. The van der Waals surface area contributed by atoms with Crippen molar-refractivity contribution < 1.29 is 27.4 Å². The topological polar surface area (TPSA) is 82.1 Å². The van der Waals surface area contributed by atoms with E-state index in [1.165, 1.54) is 11.4 Å². The number of sulfonamides is 1. The number of carbonyl (C=O) groups is 1. The third-order valence-electron chi connectivity index (χ3n) is 5.52. The van der Waals surface area contributed by atoms with Gasteiger partial charge in [0, 0.05) is 5.92 Å². The number of carbonyl (C=O) groups excluding carboxylic acids is 1. The maximum Gasteiger partial charge on any atom is 0.324 e. The first-order chi connectivity index (χ1) is 12.2. The molecular weight excluding hydrogens is 358 g/mol. The molecule has 1 aromatic carbocycles. The van der Waals surface area contributed by atoms with Crippen molar-refractivity contribution in [1.82, 2.24) is 4.31 Å². The Balaban J connectivity index is 1.76. The largest absolute Gasteiger partial charge is 0.468 e. The summed E-state index contributed by atoms with van der Waals surface area (Å²) in [5.41, 5.74) is 0.964. The van der Waals surface area contributed by atoms with Crippen LogP contribution in [-0.4, -0.2) is 55.9 Å². The van der Waals surface area contributed by atoms with Gasteiger partial charge in [-0.25, -0.2) is 8.42 Å². The minimum absolute atomic E-state index is 0.166. The summed E-state index contributed by atoms with van der Waals surface area (Å²) >= 11 is 0. The van der Waals surface area contributed by atoms with Crippen molar-refractivity contribution in [2.24, 2.45) is 5.92 Å². The first-order valence-electron chi connectivity index (χ1n) is 8.69. The number of aryl methyl sites for hydroxylation is 1. The molecule has 4 rings (SSSR count). The van der Waals surface area contributed by atoms with Crippen LogP contribution in [0, 0.1) is 12.8 Å². The smallest absolute Gasteiger partial charge is 0.324 e. The van der Waals surface area contributed by atoms with Crippen molar-refractivity contribution >= 4 is 16.0 Å². The van der Waals surface area contributed by atoms with Crippen molar-refractivity contribution in [2.75, 3.05) is 7.11 Å². The van der Waals surface area contributed by atoms with Crippen LogP contribution < -0.4 is 0 Å². The highest BCUT2D eigenvalue weighted by Gasteiger charge is 2.68. The zero-order chi connectivity index (χ0) is 18.9. The first kappa shape index (κ1) is 17.9. The molecule has 1 aromatic rings. The Hall–Kier alpha value is -1.48. The molecule has 1 aliphatic carbocycles. The number of ether oxygens (including phenoxy) is 3. The highest BCUT2D eigenvalue weighted by Crippen LogP contribution is 2.52. The third-order valence-corrected chi connectivity index (χ3v) is 7.44. The molecule has 26 heavy (non-hydrogen) atoms. The fourth-order valence-corrected chi connectivity index (χ4v) is 6.33. The number of piperidine rings is 1. The molecule has 8 heteroatoms. The predicted octanol–water partition coefficient (Wildman–Crippen LogP) is 1.45. The van der Waals surface area contributed by atoms with Gasteiger partial charge in [-0.05, 0) is 39.3 Å². The van der Waals surface area contributed by atoms with Crippen LogP contribution in [0.4, 0.5) is 0 Å². The second kappa shape index (κ2) is 5.76. The Kier molecular flexibility index (Phi) is 3.97. The van der Waals surface area contributed by atoms with E-state index in [0.717, 1.165) is 5.56 Å². The molecule has 7 nitrogen and oxygen atoms in total. The fraction of sp³-hybridized carbons (Fsp3) is 0.611. The molecule has 0 spiro atoms. The highest BCUT2D eigenvalue weighted by atomic mass is 32.2. The van der Waals surface area contributed by atoms with Gasteiger partial charge in [-0.2, -0.15) is 4.31 Å². The van der Waals surface area contributed by atoms with Crippen molar-refractivity contribution in [2.45, 2.75) is 62.2 Å². The summed E-state index contributed by atoms with van der Waals surface area (Å²) < 4.78 is 44.8. The van der Waals surface area contributed by atoms with Crippen LogP contribution in [0.3, 0.4) is 0 Å². The molecule has 3 aliphatic rings. The Morgan fingerprint density at radius 3 is 2.42 bits per heavy atom. The van der Waals surface area contributed by atoms with E-state index in [0.29, 0.717) is 6.42 Å². The van der Waals surface area contributed by atoms with Crippen LogP contribution in [0.25, 0.3) is 0 Å². The van der Waals surface area contributed by atoms with Crippen molar-refractivity contribution in [1.29, 1.82) is 0 Å². The average molecular weight is 381 g/mol. The van der Waals surface area contributed by atoms with Gasteiger partial charge in [0.05, 0.1) is 24.2 Å². The lowest BCUT2D eigenvalue weighted by Crippen LogP contribution is -2.57. The maximum atomic E-state index is 13.3. The summed E-state index contributed by atoms with van der Waals surface area (Å²) in [4.78, 5) is 12.6. The van der Waals surface area contributed by atoms with Gasteiger partial charge in [0.25, 0.3) is 0 Å². The Bertz CT molecular complexity index is 834. The fourth-order valence-electron chi connectivity index (χ4n) is 4.50. The molecule has 2 saturated heterocycles. The quantitative estimate of drug-likeness (QED) is 0.737. The first-order valence-corrected chi connectivity index (χ1v) is 10.1. The van der Waals surface area contributed by atoms with Crippen LogP contribution in [0.5, 0.6) is 0 Å². The lowest BCUT2D eigenvalue weighted by atomic mass is 9.96. The zero-order valence-electron chi connectivity index (χ0n) is 15.2. The summed E-state index contributed by atoms with van der Waals surface area (Å²) in [5, 5.41) is 0. The van der Waals surface area contributed by atoms with E-state index in [1.54, 1.807) is 38.1 Å². The van der Waals surface area contributed by atoms with Gasteiger partial charge in [-0.1, -0.05) is 17.7 Å². The molecule has 0 amide bonds. The lowest BCUT2D eigenvalue weighted by molar-refractivity contribution is -0.157. The minimum Gasteiger partial charge on any atom is -0.468 e. The van der Waals surface area contributed by atoms with Gasteiger partial charge in [0.1, 0.15) is 12.1 Å². The molecular formula is C18H23NO6S. The van der Waals surface area contributed by atoms with Crippen LogP contribution >= 0.6 is 0 Å². The molecule has 142 valence electrons. The molecule has 2 bridgehead atoms. The van der Waals surface area contributed by atoms with Crippen LogP contribution in [0.15, 0.2) is 29.2 Å². The number of hydrogen-bond donors (Lipinski definition) is 0. The zero-order valence-corrected chi connectivity index (χ0v) is 16.0. The number of benzene rings is 1. The van der Waals surface area contributed by atoms with Gasteiger partial charge in [0.2, 0.25) is 10.0 Å². The number of fused-ring (bicyclic) bond motifs is 5. The number of esters is 1. The van der Waals surface area contributed by atoms with Crippen molar-refractivity contribution in [3.8, 4) is 0 Å². The van der Waals surface area contributed by atoms with Gasteiger partial charge in [-0.15, -0.1) is 0 Å². The van der Waals surface area contributed by atoms with Gasteiger partial charge in [0.15, 0.2) is 5.79 Å². The molecule has 2 aliphatic heterocycles. The van der Waals surface area contributed by atoms with E-state index >= 15 is 0 Å². The lowest BCUT2D eigenvalue weighted by Gasteiger charge is -2.37. The van der Waals surface area contributed by atoms with Crippen LogP contribution in [-0.2, 0) is 29.0 Å². The second-order valence-electron chi connectivity index (χ2n) is 7.65. The Morgan fingerprint density at radius 2 is 1.81 bits per heavy atom. The maximum absolute atomic E-state index is 13.3. The van der Waals surface area contributed by atoms with E-state index in [2.05, 4.69) is 0 Å². The molecule has 0 aromatic heterocycles. The van der Waals surface area contributed by atoms with Gasteiger partial charge in [-0.3, -0.25) is 4.79 Å². The van der Waals surface area contributed by atoms with E-state index in [1.807, 2.05) is 6.92 Å². The summed E-state index contributed by atoms with van der Waals surface area (Å²) in [6.07, 6.45) is -0.157. The number of methoxy groups -OCH3 is 1. The summed E-state index contributed by atoms with van der Waals surface area (Å²) in [6.45, 7) is 5.50. The summed E-state index contributed by atoms with van der Waals surface area (Å²) in [7, 11) is -2.59. The van der Waals surface area contributed by atoms with Crippen molar-refractivity contribution in [3.05, 3.63) is 29.8 Å². The standard InChI is InChI=1S/C18H23NO6S/c1-10-5-7-11(8-6-10)26(21,22)19-13-9-12(14(19)17(20)23-4)15-16(13)25-18(2,3)24-15/h5-8,12-16H,9H2,1-4H3/t12-,13-,14-,15-,16+/m0/s1. The molecule has 0 unspecified atom stereocenters. The number of nitrogens with zero attached hydrogens (tertiary/aromatic N) is 1. The highest BCUT2D eigenvalue weighted by molar-refractivity contribution is 7.89. The predicted molar refractivity (Wildman–Crippen MR) is 91.7 cm³/mol. The number of rotatable bonds is 3. The Labute approximate surface area is 153 Å². The Morgan fingerprint density at radius 1 is 1.19 bits per heavy atom. The van der Waals surface area contributed by atoms with E-state index < -0.39 is 33.9 Å². The van der Waals surface area contributed by atoms with Crippen molar-refractivity contribution in [3.63, 3.8) is 0 Å². The minimum atomic E-state index is -3.87. The molecule has 5 atom stereocenters. The third kappa shape index (κ3) is 2.51. The molecule has 0 N–H and O–H groups in total. The average Bonchev–Trinajstić information content (AvgIpc) is 3.21. The van der Waals surface area contributed by atoms with Crippen LogP contribution in [0.2, 0.25) is 0 Å². The summed E-state index contributed by atoms with van der Waals surface area (Å²) in [5.74, 6) is -1.63. The molecule has 0 radical (unpaired) electrons. The normalized spacial score (nSPS) is 35.5. The van der Waals surface area contributed by atoms with Gasteiger partial charge < -0.3 is 14.2 Å². The van der Waals surface area contributed by atoms with E-state index in [9.17, 15) is 13.2 Å². The molecule has 2 heterocycles. The second-order valence-corrected chi connectivity index (χ2v) is 9.49. The van der Waals surface area contributed by atoms with E-state index in [-0.39, 0.29) is 23.0 Å². The van der Waals surface area contributed by atoms with Gasteiger partial charge >= 0.3 is 5.97 Å². The monoisotopic (exact) mass is 381 g/mol. The molecule has 1 saturated carbocycles. The van der Waals surface area contributed by atoms with Crippen LogP contribution in [0.1, 0.15) is 25.8 Å².